The molecule has 17 heavy (non-hydrogen) atoms. The summed E-state index contributed by atoms with van der Waals surface area (Å²) in [6.07, 6.45) is 4.54. The van der Waals surface area contributed by atoms with Gasteiger partial charge in [-0.25, -0.2) is 4.98 Å². The summed E-state index contributed by atoms with van der Waals surface area (Å²) in [4.78, 5) is 18.1. The summed E-state index contributed by atoms with van der Waals surface area (Å²) in [6.45, 7) is 0.725. The van der Waals surface area contributed by atoms with Crippen LogP contribution in [0.4, 0.5) is 0 Å². The maximum absolute atomic E-state index is 12.3. The van der Waals surface area contributed by atoms with Crippen LogP contribution >= 0.6 is 15.9 Å². The molecule has 0 spiro atoms. The van der Waals surface area contributed by atoms with Crippen LogP contribution in [0.2, 0.25) is 0 Å². The number of piperidine rings is 1. The van der Waals surface area contributed by atoms with Crippen molar-refractivity contribution in [2.45, 2.75) is 25.3 Å². The van der Waals surface area contributed by atoms with Crippen LogP contribution in [0.25, 0.3) is 0 Å². The first kappa shape index (κ1) is 12.5. The van der Waals surface area contributed by atoms with E-state index in [0.29, 0.717) is 16.7 Å². The molecular formula is C12H15BrN2O2. The summed E-state index contributed by atoms with van der Waals surface area (Å²) < 4.78 is 0.701. The summed E-state index contributed by atoms with van der Waals surface area (Å²) in [5.74, 6) is -0.101. The van der Waals surface area contributed by atoms with Gasteiger partial charge in [0, 0.05) is 17.2 Å². The van der Waals surface area contributed by atoms with Gasteiger partial charge in [-0.1, -0.05) is 0 Å². The molecule has 0 radical (unpaired) electrons. The smallest absolute Gasteiger partial charge is 0.273 e. The van der Waals surface area contributed by atoms with Gasteiger partial charge < -0.3 is 10.0 Å². The molecule has 4 nitrogen and oxygen atoms in total. The standard InChI is InChI=1S/C12H15BrN2O2/c13-10-5-3-6-14-11(10)12(17)15-7-2-1-4-9(15)8-16/h3,5-6,9,16H,1-2,4,7-8H2. The Bertz CT molecular complexity index is 411. The molecule has 1 aliphatic heterocycles. The Labute approximate surface area is 109 Å². The van der Waals surface area contributed by atoms with Crippen LogP contribution in [-0.4, -0.2) is 40.1 Å². The molecule has 1 atom stereocenters. The van der Waals surface area contributed by atoms with Crippen molar-refractivity contribution in [3.05, 3.63) is 28.5 Å². The van der Waals surface area contributed by atoms with Crippen molar-refractivity contribution in [1.82, 2.24) is 9.88 Å². The maximum atomic E-state index is 12.3. The van der Waals surface area contributed by atoms with Crippen LogP contribution in [0.15, 0.2) is 22.8 Å². The zero-order chi connectivity index (χ0) is 12.3. The van der Waals surface area contributed by atoms with E-state index in [2.05, 4.69) is 20.9 Å². The predicted octanol–water partition coefficient (Wildman–Crippen LogP) is 1.83. The molecule has 5 heteroatoms. The van der Waals surface area contributed by atoms with E-state index in [-0.39, 0.29) is 18.6 Å². The minimum atomic E-state index is -0.101. The van der Waals surface area contributed by atoms with Crippen molar-refractivity contribution in [1.29, 1.82) is 0 Å². The first-order valence-corrected chi connectivity index (χ1v) is 6.55. The van der Waals surface area contributed by atoms with Crippen LogP contribution in [0, 0.1) is 0 Å². The number of carbonyl (C=O) groups excluding carboxylic acids is 1. The number of hydrogen-bond donors (Lipinski definition) is 1. The number of nitrogens with zero attached hydrogens (tertiary/aromatic N) is 2. The first-order chi connectivity index (χ1) is 8.24. The molecule has 92 valence electrons. The van der Waals surface area contributed by atoms with E-state index in [9.17, 15) is 9.90 Å². The Kier molecular flexibility index (Phi) is 4.12. The lowest BCUT2D eigenvalue weighted by Crippen LogP contribution is -2.46. The van der Waals surface area contributed by atoms with Gasteiger partial charge in [0.25, 0.3) is 5.91 Å². The molecule has 2 heterocycles. The zero-order valence-corrected chi connectivity index (χ0v) is 11.1. The van der Waals surface area contributed by atoms with E-state index >= 15 is 0 Å². The van der Waals surface area contributed by atoms with Gasteiger partial charge in [-0.05, 0) is 47.3 Å². The third kappa shape index (κ3) is 2.66. The predicted molar refractivity (Wildman–Crippen MR) is 67.7 cm³/mol. The second-order valence-corrected chi connectivity index (χ2v) is 5.02. The normalized spacial score (nSPS) is 20.4. The van der Waals surface area contributed by atoms with E-state index in [1.165, 1.54) is 0 Å². The van der Waals surface area contributed by atoms with Gasteiger partial charge in [0.1, 0.15) is 5.69 Å². The molecule has 1 N–H and O–H groups in total. The number of hydrogen-bond acceptors (Lipinski definition) is 3. The molecule has 0 aromatic carbocycles. The van der Waals surface area contributed by atoms with Gasteiger partial charge in [-0.15, -0.1) is 0 Å². The third-order valence-electron chi connectivity index (χ3n) is 3.06. The minimum absolute atomic E-state index is 0.0240. The van der Waals surface area contributed by atoms with E-state index in [1.54, 1.807) is 23.2 Å². The average Bonchev–Trinajstić information content (AvgIpc) is 2.38. The van der Waals surface area contributed by atoms with Crippen molar-refractivity contribution < 1.29 is 9.90 Å². The van der Waals surface area contributed by atoms with Crippen LogP contribution in [0.3, 0.4) is 0 Å². The van der Waals surface area contributed by atoms with Crippen molar-refractivity contribution in [2.24, 2.45) is 0 Å². The number of aliphatic hydroxyl groups excluding tert-OH is 1. The van der Waals surface area contributed by atoms with Gasteiger partial charge in [-0.3, -0.25) is 4.79 Å². The van der Waals surface area contributed by atoms with E-state index in [1.807, 2.05) is 0 Å². The second-order valence-electron chi connectivity index (χ2n) is 4.16. The van der Waals surface area contributed by atoms with Crippen LogP contribution in [-0.2, 0) is 0 Å². The largest absolute Gasteiger partial charge is 0.394 e. The summed E-state index contributed by atoms with van der Waals surface area (Å²) in [6, 6.07) is 3.52. The molecule has 1 aromatic heterocycles. The number of aliphatic hydroxyl groups is 1. The van der Waals surface area contributed by atoms with Crippen molar-refractivity contribution in [2.75, 3.05) is 13.2 Å². The SMILES string of the molecule is O=C(c1ncccc1Br)N1CCCCC1CO. The molecule has 0 bridgehead atoms. The maximum Gasteiger partial charge on any atom is 0.273 e. The molecule has 0 saturated carbocycles. The van der Waals surface area contributed by atoms with Gasteiger partial charge in [0.2, 0.25) is 0 Å². The third-order valence-corrected chi connectivity index (χ3v) is 3.70. The quantitative estimate of drug-likeness (QED) is 0.906. The Balaban J connectivity index is 2.21. The summed E-state index contributed by atoms with van der Waals surface area (Å²) in [5, 5.41) is 9.30. The van der Waals surface area contributed by atoms with Crippen molar-refractivity contribution >= 4 is 21.8 Å². The van der Waals surface area contributed by atoms with E-state index < -0.39 is 0 Å². The molecule has 1 saturated heterocycles. The molecule has 1 aliphatic rings. The number of pyridine rings is 1. The van der Waals surface area contributed by atoms with Crippen molar-refractivity contribution in [3.63, 3.8) is 0 Å². The number of halogens is 1. The molecule has 1 fully saturated rings. The molecule has 1 unspecified atom stereocenters. The molecule has 1 amide bonds. The fourth-order valence-corrected chi connectivity index (χ4v) is 2.56. The Morgan fingerprint density at radius 2 is 2.41 bits per heavy atom. The van der Waals surface area contributed by atoms with Gasteiger partial charge in [0.05, 0.1) is 12.6 Å². The summed E-state index contributed by atoms with van der Waals surface area (Å²) >= 11 is 3.33. The Hall–Kier alpha value is -0.940. The summed E-state index contributed by atoms with van der Waals surface area (Å²) in [5.41, 5.74) is 0.424. The van der Waals surface area contributed by atoms with E-state index in [0.717, 1.165) is 19.3 Å². The van der Waals surface area contributed by atoms with Gasteiger partial charge in [0.15, 0.2) is 0 Å². The van der Waals surface area contributed by atoms with Crippen LogP contribution in [0.1, 0.15) is 29.8 Å². The molecule has 0 aliphatic carbocycles. The fourth-order valence-electron chi connectivity index (χ4n) is 2.14. The summed E-state index contributed by atoms with van der Waals surface area (Å²) in [7, 11) is 0. The fraction of sp³-hybridized carbons (Fsp3) is 0.500. The van der Waals surface area contributed by atoms with Gasteiger partial charge in [-0.2, -0.15) is 0 Å². The second kappa shape index (κ2) is 5.60. The highest BCUT2D eigenvalue weighted by Crippen LogP contribution is 2.21. The highest BCUT2D eigenvalue weighted by atomic mass is 79.9. The number of carbonyl (C=O) groups is 1. The van der Waals surface area contributed by atoms with Crippen molar-refractivity contribution in [3.8, 4) is 0 Å². The monoisotopic (exact) mass is 298 g/mol. The average molecular weight is 299 g/mol. The molecule has 1 aromatic rings. The zero-order valence-electron chi connectivity index (χ0n) is 9.47. The number of amides is 1. The minimum Gasteiger partial charge on any atom is -0.394 e. The molecule has 2 rings (SSSR count). The number of rotatable bonds is 2. The highest BCUT2D eigenvalue weighted by Gasteiger charge is 2.28. The lowest BCUT2D eigenvalue weighted by molar-refractivity contribution is 0.0496. The Morgan fingerprint density at radius 1 is 1.59 bits per heavy atom. The van der Waals surface area contributed by atoms with Crippen LogP contribution < -0.4 is 0 Å². The molecular weight excluding hydrogens is 284 g/mol. The topological polar surface area (TPSA) is 53.4 Å². The lowest BCUT2D eigenvalue weighted by Gasteiger charge is -2.34. The lowest BCUT2D eigenvalue weighted by atomic mass is 10.0. The van der Waals surface area contributed by atoms with E-state index in [4.69, 9.17) is 0 Å². The number of likely N-dealkylation sites (tertiary alicyclic amines) is 1. The number of aromatic nitrogens is 1. The van der Waals surface area contributed by atoms with Crippen LogP contribution in [0.5, 0.6) is 0 Å². The highest BCUT2D eigenvalue weighted by molar-refractivity contribution is 9.10. The van der Waals surface area contributed by atoms with Gasteiger partial charge >= 0.3 is 0 Å². The first-order valence-electron chi connectivity index (χ1n) is 5.76. The Morgan fingerprint density at radius 3 is 3.12 bits per heavy atom.